The lowest BCUT2D eigenvalue weighted by Gasteiger charge is -2.43. The average Bonchev–Trinajstić information content (AvgIpc) is 3.31. The fourth-order valence-electron chi connectivity index (χ4n) is 4.67. The lowest BCUT2D eigenvalue weighted by atomic mass is 9.79. The van der Waals surface area contributed by atoms with Crippen molar-refractivity contribution in [2.45, 2.75) is 63.5 Å². The lowest BCUT2D eigenvalue weighted by molar-refractivity contribution is -0.135. The SMILES string of the molecule is O=C(NCc1ccc2c(c1)CCO2)C1(N2CCCC2)CCCCC1. The lowest BCUT2D eigenvalue weighted by Crippen LogP contribution is -2.58. The van der Waals surface area contributed by atoms with E-state index in [0.717, 1.165) is 44.7 Å². The molecule has 1 saturated heterocycles. The predicted octanol–water partition coefficient (Wildman–Crippen LogP) is 3.04. The third-order valence-electron chi connectivity index (χ3n) is 6.02. The number of carbonyl (C=O) groups excluding carboxylic acids is 1. The Morgan fingerprint density at radius 3 is 2.71 bits per heavy atom. The minimum absolute atomic E-state index is 0.241. The summed E-state index contributed by atoms with van der Waals surface area (Å²) in [7, 11) is 0. The average molecular weight is 328 g/mol. The summed E-state index contributed by atoms with van der Waals surface area (Å²) in [6, 6.07) is 6.31. The fraction of sp³-hybridized carbons (Fsp3) is 0.650. The Morgan fingerprint density at radius 2 is 1.92 bits per heavy atom. The van der Waals surface area contributed by atoms with Crippen molar-refractivity contribution in [2.24, 2.45) is 0 Å². The smallest absolute Gasteiger partial charge is 0.240 e. The van der Waals surface area contributed by atoms with Crippen LogP contribution in [0, 0.1) is 0 Å². The highest BCUT2D eigenvalue weighted by Crippen LogP contribution is 2.36. The van der Waals surface area contributed by atoms with E-state index in [1.165, 1.54) is 43.2 Å². The number of nitrogens with one attached hydrogen (secondary N) is 1. The predicted molar refractivity (Wildman–Crippen MR) is 94.1 cm³/mol. The van der Waals surface area contributed by atoms with E-state index in [0.29, 0.717) is 6.54 Å². The number of amides is 1. The molecule has 1 aliphatic carbocycles. The molecule has 2 fully saturated rings. The number of hydrogen-bond donors (Lipinski definition) is 1. The van der Waals surface area contributed by atoms with Crippen molar-refractivity contribution in [3.63, 3.8) is 0 Å². The van der Waals surface area contributed by atoms with Gasteiger partial charge in [0.25, 0.3) is 0 Å². The van der Waals surface area contributed by atoms with Crippen LogP contribution in [-0.2, 0) is 17.8 Å². The van der Waals surface area contributed by atoms with Crippen molar-refractivity contribution in [1.29, 1.82) is 0 Å². The highest BCUT2D eigenvalue weighted by atomic mass is 16.5. The maximum absolute atomic E-state index is 13.1. The van der Waals surface area contributed by atoms with E-state index in [1.807, 2.05) is 6.07 Å². The number of carbonyl (C=O) groups is 1. The summed E-state index contributed by atoms with van der Waals surface area (Å²) in [5.74, 6) is 1.26. The second-order valence-electron chi connectivity index (χ2n) is 7.51. The van der Waals surface area contributed by atoms with Crippen LogP contribution in [0.2, 0.25) is 0 Å². The number of nitrogens with zero attached hydrogens (tertiary/aromatic N) is 1. The highest BCUT2D eigenvalue weighted by molar-refractivity contribution is 5.86. The quantitative estimate of drug-likeness (QED) is 0.924. The number of ether oxygens (including phenoxy) is 1. The molecule has 1 amide bonds. The molecule has 1 aromatic rings. The van der Waals surface area contributed by atoms with Gasteiger partial charge in [0.05, 0.1) is 6.61 Å². The zero-order chi connectivity index (χ0) is 16.4. The molecule has 0 unspecified atom stereocenters. The molecule has 4 rings (SSSR count). The monoisotopic (exact) mass is 328 g/mol. The molecule has 24 heavy (non-hydrogen) atoms. The van der Waals surface area contributed by atoms with E-state index in [4.69, 9.17) is 4.74 Å². The maximum atomic E-state index is 13.1. The zero-order valence-electron chi connectivity index (χ0n) is 14.5. The molecule has 1 aromatic carbocycles. The molecule has 4 nitrogen and oxygen atoms in total. The molecule has 0 aromatic heterocycles. The number of likely N-dealkylation sites (tertiary alicyclic amines) is 1. The number of fused-ring (bicyclic) bond motifs is 1. The van der Waals surface area contributed by atoms with E-state index in [-0.39, 0.29) is 11.4 Å². The van der Waals surface area contributed by atoms with Gasteiger partial charge in [0.1, 0.15) is 11.3 Å². The summed E-state index contributed by atoms with van der Waals surface area (Å²) in [4.78, 5) is 15.6. The summed E-state index contributed by atoms with van der Waals surface area (Å²) in [6.45, 7) is 3.58. The Bertz CT molecular complexity index is 602. The molecule has 2 aliphatic heterocycles. The second-order valence-corrected chi connectivity index (χ2v) is 7.51. The van der Waals surface area contributed by atoms with E-state index in [2.05, 4.69) is 22.3 Å². The zero-order valence-corrected chi connectivity index (χ0v) is 14.5. The van der Waals surface area contributed by atoms with Crippen LogP contribution in [0.5, 0.6) is 5.75 Å². The maximum Gasteiger partial charge on any atom is 0.240 e. The summed E-state index contributed by atoms with van der Waals surface area (Å²) < 4.78 is 5.56. The van der Waals surface area contributed by atoms with Crippen LogP contribution in [0.25, 0.3) is 0 Å². The highest BCUT2D eigenvalue weighted by Gasteiger charge is 2.45. The van der Waals surface area contributed by atoms with Crippen LogP contribution in [0.15, 0.2) is 18.2 Å². The number of rotatable bonds is 4. The van der Waals surface area contributed by atoms with E-state index >= 15 is 0 Å². The molecule has 4 heteroatoms. The van der Waals surface area contributed by atoms with Gasteiger partial charge in [-0.05, 0) is 56.0 Å². The van der Waals surface area contributed by atoms with Crippen LogP contribution < -0.4 is 10.1 Å². The van der Waals surface area contributed by atoms with E-state index in [1.54, 1.807) is 0 Å². The molecule has 2 heterocycles. The van der Waals surface area contributed by atoms with Crippen LogP contribution in [0.1, 0.15) is 56.1 Å². The third-order valence-corrected chi connectivity index (χ3v) is 6.02. The van der Waals surface area contributed by atoms with Crippen molar-refractivity contribution in [3.05, 3.63) is 29.3 Å². The van der Waals surface area contributed by atoms with Crippen molar-refractivity contribution < 1.29 is 9.53 Å². The molecule has 1 N–H and O–H groups in total. The number of benzene rings is 1. The Balaban J connectivity index is 1.45. The van der Waals surface area contributed by atoms with Gasteiger partial charge in [-0.15, -0.1) is 0 Å². The Hall–Kier alpha value is -1.55. The largest absolute Gasteiger partial charge is 0.493 e. The van der Waals surface area contributed by atoms with Gasteiger partial charge in [-0.2, -0.15) is 0 Å². The normalized spacial score (nSPS) is 22.8. The first-order valence-electron chi connectivity index (χ1n) is 9.56. The van der Waals surface area contributed by atoms with Crippen LogP contribution in [-0.4, -0.2) is 36.0 Å². The number of hydrogen-bond acceptors (Lipinski definition) is 3. The van der Waals surface area contributed by atoms with E-state index < -0.39 is 0 Å². The third kappa shape index (κ3) is 2.92. The molecule has 1 saturated carbocycles. The van der Waals surface area contributed by atoms with Crippen LogP contribution in [0.4, 0.5) is 0 Å². The molecule has 130 valence electrons. The van der Waals surface area contributed by atoms with Gasteiger partial charge in [0.15, 0.2) is 0 Å². The minimum atomic E-state index is -0.241. The Kier molecular flexibility index (Phi) is 4.49. The van der Waals surface area contributed by atoms with Gasteiger partial charge in [0.2, 0.25) is 5.91 Å². The summed E-state index contributed by atoms with van der Waals surface area (Å²) in [5.41, 5.74) is 2.21. The molecular formula is C20H28N2O2. The van der Waals surface area contributed by atoms with Crippen molar-refractivity contribution in [1.82, 2.24) is 10.2 Å². The first kappa shape index (κ1) is 15.9. The van der Waals surface area contributed by atoms with E-state index in [9.17, 15) is 4.79 Å². The first-order chi connectivity index (χ1) is 11.8. The van der Waals surface area contributed by atoms with Crippen molar-refractivity contribution in [2.75, 3.05) is 19.7 Å². The van der Waals surface area contributed by atoms with Gasteiger partial charge in [0, 0.05) is 13.0 Å². The van der Waals surface area contributed by atoms with Crippen molar-refractivity contribution >= 4 is 5.91 Å². The standard InChI is InChI=1S/C20H28N2O2/c23-19(20(9-2-1-3-10-20)22-11-4-5-12-22)21-15-16-6-7-18-17(14-16)8-13-24-18/h6-7,14H,1-5,8-13,15H2,(H,21,23). The molecule has 0 radical (unpaired) electrons. The van der Waals surface area contributed by atoms with Gasteiger partial charge >= 0.3 is 0 Å². The molecule has 0 spiro atoms. The molecule has 0 bridgehead atoms. The molecular weight excluding hydrogens is 300 g/mol. The van der Waals surface area contributed by atoms with Gasteiger partial charge in [-0.1, -0.05) is 31.4 Å². The molecule has 0 atom stereocenters. The summed E-state index contributed by atoms with van der Waals surface area (Å²) >= 11 is 0. The van der Waals surface area contributed by atoms with Crippen LogP contribution >= 0.6 is 0 Å². The van der Waals surface area contributed by atoms with Crippen LogP contribution in [0.3, 0.4) is 0 Å². The van der Waals surface area contributed by atoms with Gasteiger partial charge < -0.3 is 10.1 Å². The summed E-state index contributed by atoms with van der Waals surface area (Å²) in [6.07, 6.45) is 9.14. The Morgan fingerprint density at radius 1 is 1.12 bits per heavy atom. The van der Waals surface area contributed by atoms with Gasteiger partial charge in [-0.25, -0.2) is 0 Å². The first-order valence-corrected chi connectivity index (χ1v) is 9.56. The summed E-state index contributed by atoms with van der Waals surface area (Å²) in [5, 5.41) is 3.26. The molecule has 3 aliphatic rings. The minimum Gasteiger partial charge on any atom is -0.493 e. The topological polar surface area (TPSA) is 41.6 Å². The van der Waals surface area contributed by atoms with Crippen molar-refractivity contribution in [3.8, 4) is 5.75 Å². The van der Waals surface area contributed by atoms with Gasteiger partial charge in [-0.3, -0.25) is 9.69 Å². The fourth-order valence-corrected chi connectivity index (χ4v) is 4.67. The second kappa shape index (κ2) is 6.75. The Labute approximate surface area is 144 Å².